The zero-order valence-electron chi connectivity index (χ0n) is 11.6. The monoisotopic (exact) mass is 289 g/mol. The molecule has 0 unspecified atom stereocenters. The summed E-state index contributed by atoms with van der Waals surface area (Å²) in [5, 5.41) is 2.57. The normalized spacial score (nSPS) is 10.2. The fraction of sp³-hybridized carbons (Fsp3) is 0.214. The number of carbonyl (C=O) groups is 2. The number of aromatic nitrogens is 2. The van der Waals surface area contributed by atoms with E-state index in [2.05, 4.69) is 15.3 Å². The smallest absolute Gasteiger partial charge is 0.342 e. The zero-order valence-corrected chi connectivity index (χ0v) is 11.6. The van der Waals surface area contributed by atoms with Crippen molar-refractivity contribution in [2.24, 2.45) is 0 Å². The molecule has 0 fully saturated rings. The van der Waals surface area contributed by atoms with Crippen LogP contribution in [0, 0.1) is 6.92 Å². The predicted octanol–water partition coefficient (Wildman–Crippen LogP) is 1.44. The number of anilines is 1. The molecule has 0 spiro atoms. The zero-order chi connectivity index (χ0) is 15.4. The molecule has 110 valence electrons. The van der Waals surface area contributed by atoms with Gasteiger partial charge in [0.05, 0.1) is 12.3 Å². The Bertz CT molecular complexity index is 730. The lowest BCUT2D eigenvalue weighted by atomic mass is 10.2. The molecule has 0 aliphatic heterocycles. The van der Waals surface area contributed by atoms with Gasteiger partial charge in [-0.15, -0.1) is 0 Å². The molecule has 2 aromatic heterocycles. The lowest BCUT2D eigenvalue weighted by molar-refractivity contribution is 0.0527. The van der Waals surface area contributed by atoms with Crippen LogP contribution in [0.4, 0.5) is 5.69 Å². The molecule has 2 heterocycles. The van der Waals surface area contributed by atoms with Crippen LogP contribution < -0.4 is 10.9 Å². The largest absolute Gasteiger partial charge is 0.462 e. The van der Waals surface area contributed by atoms with E-state index in [1.165, 1.54) is 24.4 Å². The molecule has 2 aromatic rings. The Morgan fingerprint density at radius 2 is 2.10 bits per heavy atom. The van der Waals surface area contributed by atoms with Crippen LogP contribution in [0.25, 0.3) is 0 Å². The summed E-state index contributed by atoms with van der Waals surface area (Å²) in [5.74, 6) is -1.04. The first kappa shape index (κ1) is 14.6. The van der Waals surface area contributed by atoms with Gasteiger partial charge >= 0.3 is 5.97 Å². The summed E-state index contributed by atoms with van der Waals surface area (Å²) in [6, 6.07) is 4.25. The van der Waals surface area contributed by atoms with Crippen molar-refractivity contribution >= 4 is 17.6 Å². The van der Waals surface area contributed by atoms with Crippen molar-refractivity contribution in [1.82, 2.24) is 9.97 Å². The van der Waals surface area contributed by atoms with E-state index in [1.807, 2.05) is 0 Å². The van der Waals surface area contributed by atoms with Gasteiger partial charge in [-0.25, -0.2) is 4.79 Å². The van der Waals surface area contributed by atoms with Gasteiger partial charge in [-0.2, -0.15) is 0 Å². The Hall–Kier alpha value is -2.83. The lowest BCUT2D eigenvalue weighted by Crippen LogP contribution is -2.19. The van der Waals surface area contributed by atoms with E-state index in [0.29, 0.717) is 11.4 Å². The minimum Gasteiger partial charge on any atom is -0.462 e. The first-order valence-corrected chi connectivity index (χ1v) is 6.38. The van der Waals surface area contributed by atoms with Crippen LogP contribution in [0.15, 0.2) is 29.2 Å². The van der Waals surface area contributed by atoms with Crippen LogP contribution in [-0.4, -0.2) is 28.5 Å². The molecular formula is C14H15N3O4. The second-order valence-corrected chi connectivity index (χ2v) is 4.31. The maximum atomic E-state index is 12.1. The number of aromatic amines is 2. The summed E-state index contributed by atoms with van der Waals surface area (Å²) in [5.41, 5.74) is 0.893. The van der Waals surface area contributed by atoms with Crippen molar-refractivity contribution in [1.29, 1.82) is 0 Å². The molecule has 1 amide bonds. The number of nitrogens with one attached hydrogen (secondary N) is 3. The molecule has 0 saturated heterocycles. The number of hydrogen-bond acceptors (Lipinski definition) is 4. The van der Waals surface area contributed by atoms with Gasteiger partial charge in [0, 0.05) is 18.0 Å². The third-order valence-electron chi connectivity index (χ3n) is 2.82. The second kappa shape index (κ2) is 6.08. The summed E-state index contributed by atoms with van der Waals surface area (Å²) < 4.78 is 4.95. The number of H-pyrrole nitrogens is 2. The number of aryl methyl sites for hydroxylation is 1. The van der Waals surface area contributed by atoms with Gasteiger partial charge in [-0.1, -0.05) is 6.07 Å². The van der Waals surface area contributed by atoms with Crippen molar-refractivity contribution in [3.63, 3.8) is 0 Å². The molecule has 0 bridgehead atoms. The molecule has 0 aromatic carbocycles. The van der Waals surface area contributed by atoms with Crippen LogP contribution in [-0.2, 0) is 4.74 Å². The summed E-state index contributed by atoms with van der Waals surface area (Å²) in [7, 11) is 0. The molecular weight excluding hydrogens is 274 g/mol. The highest BCUT2D eigenvalue weighted by Crippen LogP contribution is 2.20. The Labute approximate surface area is 120 Å². The van der Waals surface area contributed by atoms with E-state index in [4.69, 9.17) is 4.74 Å². The fourth-order valence-electron chi connectivity index (χ4n) is 1.86. The summed E-state index contributed by atoms with van der Waals surface area (Å²) in [6.45, 7) is 3.64. The number of carbonyl (C=O) groups excluding carboxylic acids is 2. The van der Waals surface area contributed by atoms with E-state index in [9.17, 15) is 14.4 Å². The molecule has 7 nitrogen and oxygen atoms in total. The van der Waals surface area contributed by atoms with Crippen molar-refractivity contribution < 1.29 is 14.3 Å². The van der Waals surface area contributed by atoms with Gasteiger partial charge in [-0.05, 0) is 19.9 Å². The molecule has 0 saturated carbocycles. The molecule has 21 heavy (non-hydrogen) atoms. The Balaban J connectivity index is 2.26. The first-order chi connectivity index (χ1) is 10.0. The SMILES string of the molecule is CCOC(=O)c1c(NC(=O)c2cccc(=O)[nH]2)c[nH]c1C. The standard InChI is InChI=1S/C14H15N3O4/c1-3-21-14(20)12-8(2)15-7-10(12)17-13(19)9-5-4-6-11(18)16-9/h4-7,15H,3H2,1-2H3,(H,16,18)(H,17,19). The van der Waals surface area contributed by atoms with E-state index in [1.54, 1.807) is 13.8 Å². The molecule has 0 aliphatic carbocycles. The maximum Gasteiger partial charge on any atom is 0.342 e. The van der Waals surface area contributed by atoms with Gasteiger partial charge in [0.2, 0.25) is 5.56 Å². The maximum absolute atomic E-state index is 12.1. The van der Waals surface area contributed by atoms with Gasteiger partial charge in [0.1, 0.15) is 11.3 Å². The topological polar surface area (TPSA) is 104 Å². The van der Waals surface area contributed by atoms with Crippen LogP contribution in [0.3, 0.4) is 0 Å². The third-order valence-corrected chi connectivity index (χ3v) is 2.82. The lowest BCUT2D eigenvalue weighted by Gasteiger charge is -2.07. The molecule has 7 heteroatoms. The Kier molecular flexibility index (Phi) is 4.22. The number of hydrogen-bond donors (Lipinski definition) is 3. The van der Waals surface area contributed by atoms with E-state index >= 15 is 0 Å². The Morgan fingerprint density at radius 1 is 1.33 bits per heavy atom. The number of esters is 1. The average Bonchev–Trinajstić information content (AvgIpc) is 2.80. The van der Waals surface area contributed by atoms with Crippen molar-refractivity contribution in [3.8, 4) is 0 Å². The Morgan fingerprint density at radius 3 is 2.76 bits per heavy atom. The highest BCUT2D eigenvalue weighted by atomic mass is 16.5. The fourth-order valence-corrected chi connectivity index (χ4v) is 1.86. The minimum atomic E-state index is -0.520. The van der Waals surface area contributed by atoms with Crippen molar-refractivity contribution in [2.75, 3.05) is 11.9 Å². The predicted molar refractivity (Wildman–Crippen MR) is 76.5 cm³/mol. The van der Waals surface area contributed by atoms with Crippen LogP contribution >= 0.6 is 0 Å². The highest BCUT2D eigenvalue weighted by Gasteiger charge is 2.19. The molecule has 2 rings (SSSR count). The summed E-state index contributed by atoms with van der Waals surface area (Å²) in [6.07, 6.45) is 1.50. The average molecular weight is 289 g/mol. The molecule has 3 N–H and O–H groups in total. The number of ether oxygens (including phenoxy) is 1. The first-order valence-electron chi connectivity index (χ1n) is 6.38. The number of rotatable bonds is 4. The van der Waals surface area contributed by atoms with Crippen LogP contribution in [0.2, 0.25) is 0 Å². The third kappa shape index (κ3) is 3.19. The summed E-state index contributed by atoms with van der Waals surface area (Å²) >= 11 is 0. The van der Waals surface area contributed by atoms with E-state index < -0.39 is 11.9 Å². The van der Waals surface area contributed by atoms with Gasteiger partial charge in [0.25, 0.3) is 5.91 Å². The number of pyridine rings is 1. The molecule has 0 radical (unpaired) electrons. The molecule has 0 atom stereocenters. The van der Waals surface area contributed by atoms with Gasteiger partial charge in [-0.3, -0.25) is 9.59 Å². The highest BCUT2D eigenvalue weighted by molar-refractivity contribution is 6.07. The second-order valence-electron chi connectivity index (χ2n) is 4.31. The van der Waals surface area contributed by atoms with Crippen molar-refractivity contribution in [2.45, 2.75) is 13.8 Å². The molecule has 0 aliphatic rings. The quantitative estimate of drug-likeness (QED) is 0.741. The summed E-state index contributed by atoms with van der Waals surface area (Å²) in [4.78, 5) is 40.4. The van der Waals surface area contributed by atoms with Crippen LogP contribution in [0.5, 0.6) is 0 Å². The van der Waals surface area contributed by atoms with Gasteiger partial charge < -0.3 is 20.0 Å². The van der Waals surface area contributed by atoms with Gasteiger partial charge in [0.15, 0.2) is 0 Å². The minimum absolute atomic E-state index is 0.108. The van der Waals surface area contributed by atoms with E-state index in [0.717, 1.165) is 0 Å². The number of amides is 1. The van der Waals surface area contributed by atoms with Crippen LogP contribution in [0.1, 0.15) is 33.5 Å². The van der Waals surface area contributed by atoms with E-state index in [-0.39, 0.29) is 23.4 Å². The van der Waals surface area contributed by atoms with Crippen molar-refractivity contribution in [3.05, 3.63) is 51.7 Å².